The molecule has 1 unspecified atom stereocenters. The first-order valence-corrected chi connectivity index (χ1v) is 8.40. The number of rotatable bonds is 2. The van der Waals surface area contributed by atoms with Crippen LogP contribution in [0.2, 0.25) is 5.02 Å². The molecule has 1 saturated heterocycles. The molecule has 7 heteroatoms. The molecule has 2 N–H and O–H groups in total. The minimum absolute atomic E-state index is 0.0260. The highest BCUT2D eigenvalue weighted by molar-refractivity contribution is 7.89. The maximum Gasteiger partial charge on any atom is 0.246 e. The van der Waals surface area contributed by atoms with E-state index in [2.05, 4.69) is 4.90 Å². The van der Waals surface area contributed by atoms with Gasteiger partial charge in [0, 0.05) is 19.1 Å². The van der Waals surface area contributed by atoms with Crippen molar-refractivity contribution in [2.45, 2.75) is 24.3 Å². The number of hydrogen-bond acceptors (Lipinski definition) is 4. The fraction of sp³-hybridized carbons (Fsp3) is 0.538. The second-order valence-electron chi connectivity index (χ2n) is 5.24. The van der Waals surface area contributed by atoms with E-state index in [9.17, 15) is 8.42 Å². The Morgan fingerprint density at radius 1 is 1.35 bits per heavy atom. The van der Waals surface area contributed by atoms with E-state index >= 15 is 0 Å². The molecule has 1 fully saturated rings. The summed E-state index contributed by atoms with van der Waals surface area (Å²) in [4.78, 5) is 2.16. The van der Waals surface area contributed by atoms with Gasteiger partial charge in [-0.1, -0.05) is 17.7 Å². The zero-order valence-electron chi connectivity index (χ0n) is 11.7. The van der Waals surface area contributed by atoms with E-state index in [0.717, 1.165) is 13.0 Å². The first-order chi connectivity index (χ1) is 9.34. The Bertz CT molecular complexity index is 571. The lowest BCUT2D eigenvalue weighted by molar-refractivity contribution is 0.290. The summed E-state index contributed by atoms with van der Waals surface area (Å²) in [7, 11) is -1.67. The van der Waals surface area contributed by atoms with E-state index in [4.69, 9.17) is 17.3 Å². The lowest BCUT2D eigenvalue weighted by Gasteiger charge is -2.28. The van der Waals surface area contributed by atoms with Crippen LogP contribution in [0.3, 0.4) is 0 Å². The average Bonchev–Trinajstić information content (AvgIpc) is 2.49. The fourth-order valence-corrected chi connectivity index (χ4v) is 4.92. The van der Waals surface area contributed by atoms with Gasteiger partial charge in [0.05, 0.1) is 10.7 Å². The molecule has 20 heavy (non-hydrogen) atoms. The van der Waals surface area contributed by atoms with E-state index in [-0.39, 0.29) is 21.6 Å². The van der Waals surface area contributed by atoms with Crippen molar-refractivity contribution in [3.63, 3.8) is 0 Å². The summed E-state index contributed by atoms with van der Waals surface area (Å²) in [6, 6.07) is 4.66. The third-order valence-electron chi connectivity index (χ3n) is 3.55. The van der Waals surface area contributed by atoms with Crippen LogP contribution in [0.5, 0.6) is 0 Å². The average molecular weight is 318 g/mol. The van der Waals surface area contributed by atoms with E-state index in [1.54, 1.807) is 18.2 Å². The summed E-state index contributed by atoms with van der Waals surface area (Å²) < 4.78 is 27.2. The summed E-state index contributed by atoms with van der Waals surface area (Å²) in [5, 5.41) is 0.176. The van der Waals surface area contributed by atoms with E-state index < -0.39 is 10.0 Å². The van der Waals surface area contributed by atoms with Crippen molar-refractivity contribution in [1.29, 1.82) is 0 Å². The molecule has 1 heterocycles. The van der Waals surface area contributed by atoms with Crippen LogP contribution in [0.15, 0.2) is 23.1 Å². The Morgan fingerprint density at radius 2 is 2.05 bits per heavy atom. The van der Waals surface area contributed by atoms with Gasteiger partial charge in [-0.3, -0.25) is 0 Å². The molecule has 0 radical (unpaired) electrons. The molecule has 1 atom stereocenters. The number of anilines is 1. The normalized spacial score (nSPS) is 22.6. The molecule has 1 aromatic rings. The Labute approximate surface area is 125 Å². The van der Waals surface area contributed by atoms with E-state index in [1.807, 2.05) is 14.0 Å². The van der Waals surface area contributed by atoms with Crippen molar-refractivity contribution < 1.29 is 8.42 Å². The minimum atomic E-state index is -3.67. The van der Waals surface area contributed by atoms with Gasteiger partial charge in [0.15, 0.2) is 0 Å². The number of benzene rings is 1. The van der Waals surface area contributed by atoms with Crippen molar-refractivity contribution in [3.8, 4) is 0 Å². The zero-order valence-corrected chi connectivity index (χ0v) is 13.3. The van der Waals surface area contributed by atoms with Gasteiger partial charge in [0.2, 0.25) is 10.0 Å². The highest BCUT2D eigenvalue weighted by atomic mass is 35.5. The van der Waals surface area contributed by atoms with Crippen LogP contribution in [0.25, 0.3) is 0 Å². The number of nitrogens with two attached hydrogens (primary N) is 1. The second-order valence-corrected chi connectivity index (χ2v) is 7.47. The van der Waals surface area contributed by atoms with Crippen LogP contribution in [0, 0.1) is 0 Å². The highest BCUT2D eigenvalue weighted by Gasteiger charge is 2.33. The number of sulfonamides is 1. The topological polar surface area (TPSA) is 66.6 Å². The minimum Gasteiger partial charge on any atom is -0.398 e. The second kappa shape index (κ2) is 5.89. The van der Waals surface area contributed by atoms with Crippen molar-refractivity contribution >= 4 is 27.3 Å². The lowest BCUT2D eigenvalue weighted by atomic mass is 10.3. The van der Waals surface area contributed by atoms with Gasteiger partial charge in [-0.15, -0.1) is 0 Å². The number of nitrogens with zero attached hydrogens (tertiary/aromatic N) is 2. The number of nitrogen functional groups attached to an aromatic ring is 1. The van der Waals surface area contributed by atoms with Crippen molar-refractivity contribution in [2.24, 2.45) is 0 Å². The quantitative estimate of drug-likeness (QED) is 0.842. The largest absolute Gasteiger partial charge is 0.398 e. The molecule has 0 bridgehead atoms. The maximum atomic E-state index is 12.8. The van der Waals surface area contributed by atoms with Gasteiger partial charge < -0.3 is 10.6 Å². The van der Waals surface area contributed by atoms with Gasteiger partial charge >= 0.3 is 0 Å². The lowest BCUT2D eigenvalue weighted by Crippen LogP contribution is -2.42. The predicted octanol–water partition coefficient (Wildman–Crippen LogP) is 1.64. The molecule has 1 aliphatic rings. The van der Waals surface area contributed by atoms with E-state index in [0.29, 0.717) is 13.1 Å². The Hall–Kier alpha value is -0.820. The third-order valence-corrected chi connectivity index (χ3v) is 6.11. The van der Waals surface area contributed by atoms with Gasteiger partial charge in [0.25, 0.3) is 0 Å². The van der Waals surface area contributed by atoms with Gasteiger partial charge in [-0.2, -0.15) is 4.31 Å². The molecule has 0 saturated carbocycles. The Balaban J connectivity index is 2.44. The Kier molecular flexibility index (Phi) is 4.59. The molecule has 5 nitrogen and oxygen atoms in total. The zero-order chi connectivity index (χ0) is 14.9. The Morgan fingerprint density at radius 3 is 2.70 bits per heavy atom. The van der Waals surface area contributed by atoms with Crippen molar-refractivity contribution in [3.05, 3.63) is 23.2 Å². The summed E-state index contributed by atoms with van der Waals surface area (Å²) in [6.45, 7) is 3.98. The predicted molar refractivity (Wildman–Crippen MR) is 81.3 cm³/mol. The molecule has 2 rings (SSSR count). The first kappa shape index (κ1) is 15.6. The van der Waals surface area contributed by atoms with Crippen LogP contribution < -0.4 is 5.73 Å². The molecule has 1 aromatic carbocycles. The maximum absolute atomic E-state index is 12.8. The third kappa shape index (κ3) is 2.93. The van der Waals surface area contributed by atoms with Crippen molar-refractivity contribution in [2.75, 3.05) is 32.4 Å². The van der Waals surface area contributed by atoms with Crippen LogP contribution in [-0.2, 0) is 10.0 Å². The van der Waals surface area contributed by atoms with Crippen LogP contribution in [0.4, 0.5) is 5.69 Å². The smallest absolute Gasteiger partial charge is 0.246 e. The summed E-state index contributed by atoms with van der Waals surface area (Å²) in [5.41, 5.74) is 6.02. The summed E-state index contributed by atoms with van der Waals surface area (Å²) >= 11 is 6.05. The molecular weight excluding hydrogens is 298 g/mol. The van der Waals surface area contributed by atoms with Crippen molar-refractivity contribution in [1.82, 2.24) is 9.21 Å². The number of likely N-dealkylation sites (N-methyl/N-ethyl adjacent to an activating group) is 1. The van der Waals surface area contributed by atoms with Gasteiger partial charge in [-0.05, 0) is 39.1 Å². The molecule has 0 spiro atoms. The standard InChI is InChI=1S/C13H20ClN3O2S/c1-10-9-16(2)7-4-8-17(10)20(18,19)13-11(14)5-3-6-12(13)15/h3,5-6,10H,4,7-9,15H2,1-2H3. The SMILES string of the molecule is CC1CN(C)CCCN1S(=O)(=O)c1c(N)cccc1Cl. The van der Waals surface area contributed by atoms with Crippen LogP contribution in [0.1, 0.15) is 13.3 Å². The molecular formula is C13H20ClN3O2S. The number of hydrogen-bond donors (Lipinski definition) is 1. The molecule has 1 aliphatic heterocycles. The molecule has 0 aromatic heterocycles. The molecule has 0 amide bonds. The summed E-state index contributed by atoms with van der Waals surface area (Å²) in [6.07, 6.45) is 0.796. The fourth-order valence-electron chi connectivity index (χ4n) is 2.62. The molecule has 0 aliphatic carbocycles. The first-order valence-electron chi connectivity index (χ1n) is 6.58. The number of halogens is 1. The molecule has 112 valence electrons. The monoisotopic (exact) mass is 317 g/mol. The van der Waals surface area contributed by atoms with E-state index in [1.165, 1.54) is 4.31 Å². The van der Waals surface area contributed by atoms with Gasteiger partial charge in [-0.25, -0.2) is 8.42 Å². The van der Waals surface area contributed by atoms with Crippen LogP contribution in [-0.4, -0.2) is 50.3 Å². The highest BCUT2D eigenvalue weighted by Crippen LogP contribution is 2.31. The van der Waals surface area contributed by atoms with Gasteiger partial charge in [0.1, 0.15) is 4.90 Å². The van der Waals surface area contributed by atoms with Crippen LogP contribution >= 0.6 is 11.6 Å². The summed E-state index contributed by atoms with van der Waals surface area (Å²) in [5.74, 6) is 0.